The van der Waals surface area contributed by atoms with Crippen LogP contribution in [0, 0.1) is 11.6 Å². The zero-order valence-electron chi connectivity index (χ0n) is 15.0. The number of ether oxygens (including phenoxy) is 2. The molecule has 31 heavy (non-hydrogen) atoms. The van der Waals surface area contributed by atoms with Crippen LogP contribution in [0.25, 0.3) is 16.1 Å². The molecule has 3 rings (SSSR count). The highest BCUT2D eigenvalue weighted by Gasteiger charge is 2.31. The van der Waals surface area contributed by atoms with Crippen LogP contribution in [0.2, 0.25) is 0 Å². The molecule has 0 aliphatic rings. The Labute approximate surface area is 169 Å². The van der Waals surface area contributed by atoms with Crippen molar-refractivity contribution in [3.63, 3.8) is 0 Å². The summed E-state index contributed by atoms with van der Waals surface area (Å²) in [7, 11) is 0. The number of amides is 1. The molecule has 0 saturated carbocycles. The van der Waals surface area contributed by atoms with Crippen molar-refractivity contribution in [3.8, 4) is 17.2 Å². The third-order valence-electron chi connectivity index (χ3n) is 3.61. The van der Waals surface area contributed by atoms with E-state index in [9.17, 15) is 26.7 Å². The molecule has 1 aromatic heterocycles. The number of nitrogens with zero attached hydrogens (tertiary/aromatic N) is 6. The maximum absolute atomic E-state index is 13.9. The second kappa shape index (κ2) is 8.67. The van der Waals surface area contributed by atoms with E-state index in [1.807, 2.05) is 0 Å². The van der Waals surface area contributed by atoms with Crippen LogP contribution in [-0.4, -0.2) is 27.0 Å². The lowest BCUT2D eigenvalue weighted by Crippen LogP contribution is -2.17. The number of carbonyl (C=O) groups excluding carboxylic acids is 1. The smallest absolute Gasteiger partial charge is 0.485 e. The number of benzene rings is 2. The first-order chi connectivity index (χ1) is 14.7. The van der Waals surface area contributed by atoms with Crippen LogP contribution in [0.1, 0.15) is 16.2 Å². The minimum absolute atomic E-state index is 0.0886. The molecule has 14 heteroatoms. The fourth-order valence-electron chi connectivity index (χ4n) is 2.36. The van der Waals surface area contributed by atoms with Crippen LogP contribution in [0.15, 0.2) is 47.8 Å². The van der Waals surface area contributed by atoms with Gasteiger partial charge in [0.2, 0.25) is 0 Å². The Balaban J connectivity index is 1.68. The first kappa shape index (κ1) is 21.5. The Kier molecular flexibility index (Phi) is 6.02. The molecule has 160 valence electrons. The highest BCUT2D eigenvalue weighted by Crippen LogP contribution is 2.24. The molecule has 0 radical (unpaired) electrons. The minimum atomic E-state index is -4.81. The van der Waals surface area contributed by atoms with Crippen molar-refractivity contribution in [2.75, 3.05) is 0 Å². The first-order valence-electron chi connectivity index (χ1n) is 8.14. The summed E-state index contributed by atoms with van der Waals surface area (Å²) in [6.07, 6.45) is -3.56. The molecule has 0 saturated heterocycles. The summed E-state index contributed by atoms with van der Waals surface area (Å²) < 4.78 is 74.6. The van der Waals surface area contributed by atoms with E-state index in [1.54, 1.807) is 0 Å². The Morgan fingerprint density at radius 2 is 1.77 bits per heavy atom. The summed E-state index contributed by atoms with van der Waals surface area (Å²) in [4.78, 5) is 17.5. The fraction of sp³-hybridized carbons (Fsp3) is 0.118. The van der Waals surface area contributed by atoms with Crippen molar-refractivity contribution in [3.05, 3.63) is 76.2 Å². The number of halogens is 5. The zero-order valence-corrected chi connectivity index (χ0v) is 15.0. The van der Waals surface area contributed by atoms with Gasteiger partial charge in [-0.25, -0.2) is 18.4 Å². The van der Waals surface area contributed by atoms with Gasteiger partial charge in [-0.05, 0) is 34.9 Å². The monoisotopic (exact) mass is 440 g/mol. The number of alkyl halides is 3. The van der Waals surface area contributed by atoms with Gasteiger partial charge in [0.1, 0.15) is 36.1 Å². The topological polar surface area (TPSA) is 115 Å². The van der Waals surface area contributed by atoms with E-state index >= 15 is 0 Å². The van der Waals surface area contributed by atoms with Crippen molar-refractivity contribution >= 4 is 5.91 Å². The van der Waals surface area contributed by atoms with E-state index < -0.39 is 35.2 Å². The van der Waals surface area contributed by atoms with Gasteiger partial charge in [0.05, 0.1) is 11.3 Å². The van der Waals surface area contributed by atoms with Gasteiger partial charge < -0.3 is 9.47 Å². The van der Waals surface area contributed by atoms with Gasteiger partial charge in [-0.1, -0.05) is 0 Å². The molecule has 0 bridgehead atoms. The van der Waals surface area contributed by atoms with Gasteiger partial charge in [-0.15, -0.1) is 18.3 Å². The molecule has 0 fully saturated rings. The van der Waals surface area contributed by atoms with Crippen molar-refractivity contribution < 1.29 is 36.2 Å². The second-order valence-electron chi connectivity index (χ2n) is 5.69. The molecule has 3 aromatic rings. The quantitative estimate of drug-likeness (QED) is 0.243. The van der Waals surface area contributed by atoms with Gasteiger partial charge in [0.15, 0.2) is 5.82 Å². The summed E-state index contributed by atoms with van der Waals surface area (Å²) in [5.41, 5.74) is 7.53. The van der Waals surface area contributed by atoms with Gasteiger partial charge in [0.25, 0.3) is 5.91 Å². The molecule has 0 unspecified atom stereocenters. The van der Waals surface area contributed by atoms with E-state index in [4.69, 9.17) is 10.3 Å². The van der Waals surface area contributed by atoms with Crippen molar-refractivity contribution in [2.45, 2.75) is 13.0 Å². The summed E-state index contributed by atoms with van der Waals surface area (Å²) in [5, 5.41) is 6.66. The summed E-state index contributed by atoms with van der Waals surface area (Å²) in [5.74, 6) is -4.59. The van der Waals surface area contributed by atoms with Crippen molar-refractivity contribution in [1.82, 2.24) is 14.8 Å². The molecule has 0 aliphatic heterocycles. The van der Waals surface area contributed by atoms with Crippen LogP contribution in [0.5, 0.6) is 11.5 Å². The molecule has 0 spiro atoms. The van der Waals surface area contributed by atoms with Gasteiger partial charge in [-0.2, -0.15) is 0 Å². The number of azide groups is 1. The second-order valence-corrected chi connectivity index (χ2v) is 5.69. The predicted molar refractivity (Wildman–Crippen MR) is 92.2 cm³/mol. The van der Waals surface area contributed by atoms with Crippen LogP contribution in [0.4, 0.5) is 22.0 Å². The average molecular weight is 440 g/mol. The molecule has 9 nitrogen and oxygen atoms in total. The molecule has 1 heterocycles. The molecule has 1 amide bonds. The maximum atomic E-state index is 13.9. The normalized spacial score (nSPS) is 11.0. The lowest BCUT2D eigenvalue weighted by Gasteiger charge is -2.09. The molecule has 0 atom stereocenters. The third kappa shape index (κ3) is 5.45. The molecule has 0 N–H and O–H groups in total. The van der Waals surface area contributed by atoms with Crippen molar-refractivity contribution in [1.29, 1.82) is 0 Å². The van der Waals surface area contributed by atoms with E-state index in [0.29, 0.717) is 5.69 Å². The minimum Gasteiger partial charge on any atom is -0.485 e. The lowest BCUT2D eigenvalue weighted by atomic mass is 10.2. The zero-order chi connectivity index (χ0) is 22.6. The Hall–Kier alpha value is -4.19. The lowest BCUT2D eigenvalue weighted by molar-refractivity contribution is -0.274. The number of hydrogen-bond donors (Lipinski definition) is 0. The Bertz CT molecular complexity index is 1130. The van der Waals surface area contributed by atoms with Gasteiger partial charge >= 0.3 is 6.36 Å². The molecule has 0 aliphatic carbocycles. The van der Waals surface area contributed by atoms with E-state index in [1.165, 1.54) is 23.1 Å². The number of hydrogen-bond acceptors (Lipinski definition) is 5. The largest absolute Gasteiger partial charge is 0.573 e. The number of rotatable bonds is 6. The van der Waals surface area contributed by atoms with Crippen LogP contribution < -0.4 is 9.47 Å². The fourth-order valence-corrected chi connectivity index (χ4v) is 2.36. The summed E-state index contributed by atoms with van der Waals surface area (Å²) >= 11 is 0. The van der Waals surface area contributed by atoms with Gasteiger partial charge in [0, 0.05) is 17.0 Å². The number of carbonyl (C=O) groups is 1. The predicted octanol–water partition coefficient (Wildman–Crippen LogP) is 4.47. The highest BCUT2D eigenvalue weighted by molar-refractivity contribution is 5.95. The van der Waals surface area contributed by atoms with Crippen LogP contribution >= 0.6 is 0 Å². The van der Waals surface area contributed by atoms with E-state index in [-0.39, 0.29) is 18.2 Å². The molecular formula is C17H9F5N6O3. The summed E-state index contributed by atoms with van der Waals surface area (Å²) in [6, 6.07) is 6.24. The van der Waals surface area contributed by atoms with Crippen LogP contribution in [-0.2, 0) is 6.61 Å². The van der Waals surface area contributed by atoms with Gasteiger partial charge in [-0.3, -0.25) is 4.79 Å². The highest BCUT2D eigenvalue weighted by atomic mass is 19.4. The average Bonchev–Trinajstić information content (AvgIpc) is 3.14. The van der Waals surface area contributed by atoms with Crippen molar-refractivity contribution in [2.24, 2.45) is 5.11 Å². The Morgan fingerprint density at radius 3 is 2.35 bits per heavy atom. The van der Waals surface area contributed by atoms with E-state index in [2.05, 4.69) is 24.8 Å². The summed E-state index contributed by atoms with van der Waals surface area (Å²) in [6.45, 7) is -0.315. The third-order valence-corrected chi connectivity index (χ3v) is 3.61. The first-order valence-corrected chi connectivity index (χ1v) is 8.14. The Morgan fingerprint density at radius 1 is 1.13 bits per heavy atom. The number of aromatic nitrogens is 3. The SMILES string of the molecule is [N-]=[N+]=NC(=O)c1c(F)cc(OCc2ncn(-c3ccc(OC(F)(F)F)cc3)n2)cc1F. The molecular weight excluding hydrogens is 431 g/mol. The van der Waals surface area contributed by atoms with Crippen LogP contribution in [0.3, 0.4) is 0 Å². The van der Waals surface area contributed by atoms with E-state index in [0.717, 1.165) is 24.3 Å². The molecule has 2 aromatic carbocycles. The maximum Gasteiger partial charge on any atom is 0.573 e. The standard InChI is InChI=1S/C17H9F5N6O3/c18-12-5-11(6-13(19)15(12)16(29)25-27-23)30-7-14-24-8-28(26-14)9-1-3-10(4-2-9)31-17(20,21)22/h1-6,8H,7H2.